The zero-order valence-corrected chi connectivity index (χ0v) is 13.4. The molecule has 3 aromatic rings. The van der Waals surface area contributed by atoms with Crippen molar-refractivity contribution in [2.45, 2.75) is 11.8 Å². The first-order valence-electron chi connectivity index (χ1n) is 6.93. The summed E-state index contributed by atoms with van der Waals surface area (Å²) < 4.78 is 19.5. The molecule has 1 aromatic carbocycles. The molecule has 3 rings (SSSR count). The van der Waals surface area contributed by atoms with E-state index in [9.17, 15) is 9.00 Å². The summed E-state index contributed by atoms with van der Waals surface area (Å²) in [6.45, 7) is 1.78. The lowest BCUT2D eigenvalue weighted by atomic mass is 10.1. The molecular weight excluding hydrogens is 326 g/mol. The van der Waals surface area contributed by atoms with E-state index in [-0.39, 0.29) is 10.5 Å². The molecule has 2 aromatic heterocycles. The van der Waals surface area contributed by atoms with Crippen LogP contribution in [0.3, 0.4) is 0 Å². The van der Waals surface area contributed by atoms with Crippen LogP contribution in [0.5, 0.6) is 0 Å². The number of benzene rings is 1. The lowest BCUT2D eigenvalue weighted by Gasteiger charge is -2.04. The molecule has 0 bridgehead atoms. The Morgan fingerprint density at radius 1 is 1.25 bits per heavy atom. The van der Waals surface area contributed by atoms with Crippen LogP contribution in [0.2, 0.25) is 0 Å². The van der Waals surface area contributed by atoms with Crippen LogP contribution in [0.4, 0.5) is 0 Å². The first-order chi connectivity index (χ1) is 11.5. The third kappa shape index (κ3) is 2.73. The Hall–Kier alpha value is -3.18. The summed E-state index contributed by atoms with van der Waals surface area (Å²) in [6.07, 6.45) is 1.31. The molecule has 0 fully saturated rings. The topological polar surface area (TPSA) is 115 Å². The van der Waals surface area contributed by atoms with Gasteiger partial charge in [0.2, 0.25) is 0 Å². The minimum atomic E-state index is -1.87. The zero-order chi connectivity index (χ0) is 17.3. The molecule has 7 nitrogen and oxygen atoms in total. The lowest BCUT2D eigenvalue weighted by molar-refractivity contribution is 0.598. The van der Waals surface area contributed by atoms with E-state index < -0.39 is 10.6 Å². The van der Waals surface area contributed by atoms with Crippen molar-refractivity contribution in [3.63, 3.8) is 0 Å². The second-order valence-corrected chi connectivity index (χ2v) is 6.07. The van der Waals surface area contributed by atoms with Gasteiger partial charge in [-0.2, -0.15) is 15.9 Å². The molecule has 2 heterocycles. The number of aryl methyl sites for hydroxylation is 1. The normalized spacial score (nSPS) is 10.7. The van der Waals surface area contributed by atoms with Crippen LogP contribution in [0.15, 0.2) is 52.3 Å². The third-order valence-corrected chi connectivity index (χ3v) is 4.21. The minimum Gasteiger partial charge on any atom is -0.440 e. The Bertz CT molecular complexity index is 1060. The highest BCUT2D eigenvalue weighted by Crippen LogP contribution is 2.20. The van der Waals surface area contributed by atoms with Gasteiger partial charge >= 0.3 is 0 Å². The highest BCUT2D eigenvalue weighted by Gasteiger charge is 2.14. The molecule has 0 aliphatic rings. The van der Waals surface area contributed by atoms with E-state index in [0.717, 1.165) is 0 Å². The van der Waals surface area contributed by atoms with Gasteiger partial charge in [-0.3, -0.25) is 9.89 Å². The summed E-state index contributed by atoms with van der Waals surface area (Å²) in [4.78, 5) is 17.0. The Labute approximate surface area is 139 Å². The summed E-state index contributed by atoms with van der Waals surface area (Å²) in [5.74, 6) is 0.345. The van der Waals surface area contributed by atoms with E-state index in [1.807, 2.05) is 6.07 Å². The van der Waals surface area contributed by atoms with Crippen LogP contribution in [-0.4, -0.2) is 14.8 Å². The van der Waals surface area contributed by atoms with Crippen molar-refractivity contribution in [1.82, 2.24) is 14.8 Å². The van der Waals surface area contributed by atoms with Gasteiger partial charge in [0, 0.05) is 11.9 Å². The van der Waals surface area contributed by atoms with E-state index >= 15 is 0 Å². The average Bonchev–Trinajstić information content (AvgIpc) is 2.89. The van der Waals surface area contributed by atoms with Gasteiger partial charge in [-0.1, -0.05) is 23.1 Å². The van der Waals surface area contributed by atoms with Gasteiger partial charge in [0.25, 0.3) is 5.56 Å². The van der Waals surface area contributed by atoms with Gasteiger partial charge < -0.3 is 8.99 Å². The molecule has 0 atom stereocenters. The van der Waals surface area contributed by atoms with Gasteiger partial charge in [0.1, 0.15) is 0 Å². The van der Waals surface area contributed by atoms with Crippen LogP contribution >= 0.6 is 0 Å². The number of hydrogen-bond donors (Lipinski definition) is 2. The maximum absolute atomic E-state index is 12.7. The Kier molecular flexibility index (Phi) is 4.02. The average molecular weight is 338 g/mol. The fraction of sp³-hybridized carbons (Fsp3) is 0.0625. The third-order valence-electron chi connectivity index (χ3n) is 3.54. The van der Waals surface area contributed by atoms with Crippen LogP contribution in [0.1, 0.15) is 11.3 Å². The van der Waals surface area contributed by atoms with Crippen molar-refractivity contribution < 1.29 is 4.21 Å². The Morgan fingerprint density at radius 2 is 1.96 bits per heavy atom. The first kappa shape index (κ1) is 15.7. The highest BCUT2D eigenvalue weighted by molar-refractivity contribution is 7.73. The summed E-state index contributed by atoms with van der Waals surface area (Å²) in [5.41, 5.74) is 2.11. The largest absolute Gasteiger partial charge is 0.440 e. The van der Waals surface area contributed by atoms with E-state index in [2.05, 4.69) is 10.1 Å². The maximum atomic E-state index is 12.7. The number of nitrogens with one attached hydrogen (secondary N) is 2. The van der Waals surface area contributed by atoms with Gasteiger partial charge in [-0.25, -0.2) is 9.67 Å². The number of aromatic nitrogens is 3. The summed E-state index contributed by atoms with van der Waals surface area (Å²) >= 11 is 0. The van der Waals surface area contributed by atoms with Crippen molar-refractivity contribution in [3.05, 3.63) is 64.2 Å². The smallest absolute Gasteiger partial charge is 0.280 e. The van der Waals surface area contributed by atoms with E-state index in [1.54, 1.807) is 31.2 Å². The van der Waals surface area contributed by atoms with Crippen LogP contribution in [0.25, 0.3) is 16.9 Å². The van der Waals surface area contributed by atoms with Crippen molar-refractivity contribution in [1.29, 1.82) is 10.0 Å². The van der Waals surface area contributed by atoms with Crippen molar-refractivity contribution in [2.75, 3.05) is 0 Å². The molecular formula is C16H12N5O2S-. The van der Waals surface area contributed by atoms with Crippen molar-refractivity contribution >= 4 is 10.6 Å². The molecule has 0 saturated carbocycles. The summed E-state index contributed by atoms with van der Waals surface area (Å²) in [7, 11) is -1.87. The van der Waals surface area contributed by atoms with Gasteiger partial charge in [-0.05, 0) is 30.7 Å². The number of nitrogens with zero attached hydrogens (tertiary/aromatic N) is 3. The predicted octanol–water partition coefficient (Wildman–Crippen LogP) is 2.49. The number of nitriles is 1. The van der Waals surface area contributed by atoms with Crippen LogP contribution in [-0.2, 0) is 14.8 Å². The molecule has 0 aliphatic heterocycles. The number of hydrogen-bond acceptors (Lipinski definition) is 6. The quantitative estimate of drug-likeness (QED) is 0.714. The first-order valence-corrected chi connectivity index (χ1v) is 8.08. The fourth-order valence-electron chi connectivity index (χ4n) is 2.37. The number of pyridine rings is 1. The molecule has 8 heteroatoms. The molecule has 0 saturated heterocycles. The maximum Gasteiger partial charge on any atom is 0.280 e. The number of rotatable bonds is 3. The monoisotopic (exact) mass is 338 g/mol. The summed E-state index contributed by atoms with van der Waals surface area (Å²) in [6, 6.07) is 11.8. The van der Waals surface area contributed by atoms with Crippen molar-refractivity contribution in [3.8, 4) is 23.0 Å². The second kappa shape index (κ2) is 6.14. The highest BCUT2D eigenvalue weighted by atomic mass is 32.2. The van der Waals surface area contributed by atoms with E-state index in [4.69, 9.17) is 10.0 Å². The van der Waals surface area contributed by atoms with E-state index in [0.29, 0.717) is 28.2 Å². The summed E-state index contributed by atoms with van der Waals surface area (Å²) in [5, 5.41) is 11.8. The van der Waals surface area contributed by atoms with Gasteiger partial charge in [0.15, 0.2) is 5.82 Å². The number of H-pyrrole nitrogens is 1. The lowest BCUT2D eigenvalue weighted by Crippen LogP contribution is -2.16. The molecule has 0 amide bonds. The molecule has 120 valence electrons. The molecule has 2 N–H and O–H groups in total. The SMILES string of the molecule is Cc1[nH]n(-c2ccc([S-](=N)=O)cn2)c(=O)c1-c1ccc(C#N)cc1. The molecule has 0 aliphatic carbocycles. The van der Waals surface area contributed by atoms with Crippen LogP contribution < -0.4 is 5.56 Å². The van der Waals surface area contributed by atoms with Gasteiger partial charge in [0.05, 0.1) is 17.2 Å². The minimum absolute atomic E-state index is 0.266. The standard InChI is InChI=1S/C16H12N5O2S/c1-10-15(12-4-2-11(8-17)3-5-12)16(22)21(20-10)14-7-6-13(9-19-14)24(18)23/h2-7,9,18,20H,1H3/q-1. The molecule has 0 radical (unpaired) electrons. The Morgan fingerprint density at radius 3 is 2.50 bits per heavy atom. The zero-order valence-electron chi connectivity index (χ0n) is 12.6. The van der Waals surface area contributed by atoms with Gasteiger partial charge in [-0.15, -0.1) is 0 Å². The van der Waals surface area contributed by atoms with Crippen LogP contribution in [0, 0.1) is 23.0 Å². The fourth-order valence-corrected chi connectivity index (χ4v) is 2.71. The Balaban J connectivity index is 2.09. The van der Waals surface area contributed by atoms with Crippen molar-refractivity contribution in [2.24, 2.45) is 0 Å². The second-order valence-electron chi connectivity index (χ2n) is 5.06. The molecule has 0 unspecified atom stereocenters. The molecule has 24 heavy (non-hydrogen) atoms. The number of aromatic amines is 1. The predicted molar refractivity (Wildman–Crippen MR) is 88.1 cm³/mol. The van der Waals surface area contributed by atoms with E-state index in [1.165, 1.54) is 23.0 Å². The molecule has 0 spiro atoms.